The van der Waals surface area contributed by atoms with E-state index in [1.807, 2.05) is 0 Å². The van der Waals surface area contributed by atoms with Crippen LogP contribution < -0.4 is 10.7 Å². The summed E-state index contributed by atoms with van der Waals surface area (Å²) in [5, 5.41) is 17.1. The molecule has 0 atom stereocenters. The first-order chi connectivity index (χ1) is 14.4. The number of non-ortho nitro benzene ring substituents is 1. The lowest BCUT2D eigenvalue weighted by Crippen LogP contribution is -2.32. The summed E-state index contributed by atoms with van der Waals surface area (Å²) in [5.74, 6) is -2.51. The van der Waals surface area contributed by atoms with Crippen molar-refractivity contribution in [3.8, 4) is 0 Å². The minimum Gasteiger partial charge on any atom is -0.462 e. The van der Waals surface area contributed by atoms with Crippen LogP contribution in [0.25, 0.3) is 0 Å². The third kappa shape index (κ3) is 4.69. The van der Waals surface area contributed by atoms with Gasteiger partial charge in [0.1, 0.15) is 5.00 Å². The van der Waals surface area contributed by atoms with Gasteiger partial charge in [0.2, 0.25) is 0 Å². The number of esters is 1. The summed E-state index contributed by atoms with van der Waals surface area (Å²) in [7, 11) is 0. The largest absolute Gasteiger partial charge is 0.462 e. The lowest BCUT2D eigenvalue weighted by Gasteiger charge is -2.07. The first-order valence-corrected chi connectivity index (χ1v) is 9.92. The Morgan fingerprint density at radius 1 is 1.23 bits per heavy atom. The van der Waals surface area contributed by atoms with Crippen LogP contribution in [0.1, 0.15) is 39.7 Å². The fraction of sp³-hybridized carbons (Fsp3) is 0.263. The van der Waals surface area contributed by atoms with E-state index in [1.165, 1.54) is 41.8 Å². The molecule has 11 heteroatoms. The zero-order valence-corrected chi connectivity index (χ0v) is 16.8. The lowest BCUT2D eigenvalue weighted by molar-refractivity contribution is -0.384. The molecule has 1 aliphatic carbocycles. The fourth-order valence-electron chi connectivity index (χ4n) is 2.97. The Hall–Kier alpha value is -3.60. The summed E-state index contributed by atoms with van der Waals surface area (Å²) >= 11 is 1.27. The van der Waals surface area contributed by atoms with Gasteiger partial charge in [-0.25, -0.2) is 10.2 Å². The summed E-state index contributed by atoms with van der Waals surface area (Å²) < 4.78 is 5.08. The molecule has 0 aliphatic heterocycles. The second kappa shape index (κ2) is 9.27. The highest BCUT2D eigenvalue weighted by Gasteiger charge is 2.29. The number of thiophene rings is 1. The SMILES string of the molecule is CCOC(=O)c1c(NC(=O)C(=O)N/N=C/c2ccc([N+](=O)[O-])cc2)sc2c1CCC2. The molecule has 156 valence electrons. The zero-order chi connectivity index (χ0) is 21.7. The molecule has 0 unspecified atom stereocenters. The van der Waals surface area contributed by atoms with Gasteiger partial charge in [0.25, 0.3) is 5.69 Å². The number of nitro benzene ring substituents is 1. The Labute approximate surface area is 175 Å². The molecule has 2 N–H and O–H groups in total. The maximum Gasteiger partial charge on any atom is 0.341 e. The fourth-order valence-corrected chi connectivity index (χ4v) is 4.24. The van der Waals surface area contributed by atoms with Crippen LogP contribution in [0.3, 0.4) is 0 Å². The monoisotopic (exact) mass is 430 g/mol. The van der Waals surface area contributed by atoms with E-state index in [1.54, 1.807) is 6.92 Å². The number of nitrogens with one attached hydrogen (secondary N) is 2. The molecule has 1 aliphatic rings. The van der Waals surface area contributed by atoms with Gasteiger partial charge in [0.05, 0.1) is 23.3 Å². The number of aryl methyl sites for hydroxylation is 1. The molecule has 1 aromatic heterocycles. The van der Waals surface area contributed by atoms with E-state index in [9.17, 15) is 24.5 Å². The van der Waals surface area contributed by atoms with Crippen LogP contribution in [0, 0.1) is 10.1 Å². The van der Waals surface area contributed by atoms with Crippen LogP contribution in [0.5, 0.6) is 0 Å². The van der Waals surface area contributed by atoms with Crippen molar-refractivity contribution in [2.45, 2.75) is 26.2 Å². The molecule has 2 amide bonds. The summed E-state index contributed by atoms with van der Waals surface area (Å²) in [6.07, 6.45) is 3.72. The number of hydrogen-bond donors (Lipinski definition) is 2. The molecule has 1 heterocycles. The van der Waals surface area contributed by atoms with Crippen molar-refractivity contribution in [3.05, 3.63) is 55.9 Å². The predicted molar refractivity (Wildman–Crippen MR) is 110 cm³/mol. The number of hydrazone groups is 1. The van der Waals surface area contributed by atoms with Gasteiger partial charge in [-0.3, -0.25) is 19.7 Å². The van der Waals surface area contributed by atoms with Crippen LogP contribution in [0.4, 0.5) is 10.7 Å². The van der Waals surface area contributed by atoms with E-state index in [-0.39, 0.29) is 17.3 Å². The van der Waals surface area contributed by atoms with Gasteiger partial charge in [-0.05, 0) is 49.4 Å². The van der Waals surface area contributed by atoms with E-state index in [2.05, 4.69) is 15.8 Å². The highest BCUT2D eigenvalue weighted by molar-refractivity contribution is 7.17. The van der Waals surface area contributed by atoms with Gasteiger partial charge in [-0.1, -0.05) is 0 Å². The van der Waals surface area contributed by atoms with Crippen molar-refractivity contribution >= 4 is 46.0 Å². The minimum atomic E-state index is -1.02. The summed E-state index contributed by atoms with van der Waals surface area (Å²) in [6.45, 7) is 1.90. The molecule has 0 radical (unpaired) electrons. The molecule has 0 bridgehead atoms. The maximum absolute atomic E-state index is 12.3. The molecule has 0 saturated heterocycles. The molecular weight excluding hydrogens is 412 g/mol. The Kier molecular flexibility index (Phi) is 6.52. The second-order valence-corrected chi connectivity index (χ2v) is 7.39. The highest BCUT2D eigenvalue weighted by atomic mass is 32.1. The number of hydrogen-bond acceptors (Lipinski definition) is 8. The summed E-state index contributed by atoms with van der Waals surface area (Å²) in [5.41, 5.74) is 3.69. The second-order valence-electron chi connectivity index (χ2n) is 6.28. The van der Waals surface area contributed by atoms with Crippen LogP contribution in [0.15, 0.2) is 29.4 Å². The normalized spacial score (nSPS) is 12.4. The topological polar surface area (TPSA) is 140 Å². The molecule has 3 rings (SSSR count). The van der Waals surface area contributed by atoms with Crippen molar-refractivity contribution in [2.75, 3.05) is 11.9 Å². The average molecular weight is 430 g/mol. The number of anilines is 1. The zero-order valence-electron chi connectivity index (χ0n) is 16.0. The van der Waals surface area contributed by atoms with E-state index in [0.717, 1.165) is 29.7 Å². The van der Waals surface area contributed by atoms with Crippen LogP contribution in [-0.4, -0.2) is 35.5 Å². The predicted octanol–water partition coefficient (Wildman–Crippen LogP) is 2.41. The molecule has 0 spiro atoms. The molecular formula is C19H18N4O6S. The van der Waals surface area contributed by atoms with E-state index in [0.29, 0.717) is 11.1 Å². The van der Waals surface area contributed by atoms with Gasteiger partial charge in [0.15, 0.2) is 0 Å². The van der Waals surface area contributed by atoms with Crippen LogP contribution in [0.2, 0.25) is 0 Å². The number of nitrogens with zero attached hydrogens (tertiary/aromatic N) is 2. The van der Waals surface area contributed by atoms with Gasteiger partial charge in [-0.2, -0.15) is 5.10 Å². The number of fused-ring (bicyclic) bond motifs is 1. The van der Waals surface area contributed by atoms with Crippen molar-refractivity contribution in [1.29, 1.82) is 0 Å². The minimum absolute atomic E-state index is 0.0733. The Bertz CT molecular complexity index is 1030. The number of rotatable bonds is 6. The maximum atomic E-state index is 12.3. The number of amides is 2. The third-order valence-corrected chi connectivity index (χ3v) is 5.53. The first kappa shape index (κ1) is 21.1. The number of ether oxygens (including phenoxy) is 1. The summed E-state index contributed by atoms with van der Waals surface area (Å²) in [6, 6.07) is 5.49. The van der Waals surface area contributed by atoms with Gasteiger partial charge >= 0.3 is 17.8 Å². The third-order valence-electron chi connectivity index (χ3n) is 4.32. The Morgan fingerprint density at radius 3 is 2.63 bits per heavy atom. The Balaban J connectivity index is 1.64. The lowest BCUT2D eigenvalue weighted by atomic mass is 10.1. The van der Waals surface area contributed by atoms with Crippen molar-refractivity contribution in [1.82, 2.24) is 5.43 Å². The summed E-state index contributed by atoms with van der Waals surface area (Å²) in [4.78, 5) is 47.6. The van der Waals surface area contributed by atoms with E-state index >= 15 is 0 Å². The number of carbonyl (C=O) groups excluding carboxylic acids is 3. The standard InChI is InChI=1S/C19H18N4O6S/c1-2-29-19(26)15-13-4-3-5-14(13)30-18(15)21-16(24)17(25)22-20-10-11-6-8-12(9-7-11)23(27)28/h6-10H,2-5H2,1H3,(H,21,24)(H,22,25)/b20-10+. The molecule has 10 nitrogen and oxygen atoms in total. The van der Waals surface area contributed by atoms with E-state index in [4.69, 9.17) is 4.74 Å². The molecule has 2 aromatic rings. The first-order valence-electron chi connectivity index (χ1n) is 9.11. The van der Waals surface area contributed by atoms with Gasteiger partial charge in [0, 0.05) is 17.0 Å². The number of nitro groups is 1. The van der Waals surface area contributed by atoms with Crippen LogP contribution in [-0.2, 0) is 27.2 Å². The quantitative estimate of drug-likeness (QED) is 0.237. The van der Waals surface area contributed by atoms with Crippen molar-refractivity contribution in [3.63, 3.8) is 0 Å². The van der Waals surface area contributed by atoms with Crippen molar-refractivity contribution < 1.29 is 24.0 Å². The smallest absolute Gasteiger partial charge is 0.341 e. The van der Waals surface area contributed by atoms with Gasteiger partial charge < -0.3 is 10.1 Å². The van der Waals surface area contributed by atoms with Gasteiger partial charge in [-0.15, -0.1) is 11.3 Å². The van der Waals surface area contributed by atoms with Crippen LogP contribution >= 0.6 is 11.3 Å². The number of benzene rings is 1. The average Bonchev–Trinajstić information content (AvgIpc) is 3.29. The molecule has 1 aromatic carbocycles. The Morgan fingerprint density at radius 2 is 1.97 bits per heavy atom. The van der Waals surface area contributed by atoms with E-state index < -0.39 is 22.7 Å². The molecule has 0 fully saturated rings. The molecule has 30 heavy (non-hydrogen) atoms. The van der Waals surface area contributed by atoms with Crippen molar-refractivity contribution in [2.24, 2.45) is 5.10 Å². The number of carbonyl (C=O) groups is 3. The molecule has 0 saturated carbocycles. The highest BCUT2D eigenvalue weighted by Crippen LogP contribution is 2.39.